The summed E-state index contributed by atoms with van der Waals surface area (Å²) in [6.45, 7) is 0. The Labute approximate surface area is 162 Å². The van der Waals surface area contributed by atoms with Gasteiger partial charge in [0.25, 0.3) is 0 Å². The van der Waals surface area contributed by atoms with Crippen molar-refractivity contribution in [2.45, 2.75) is 81.4 Å². The molecule has 0 bridgehead atoms. The van der Waals surface area contributed by atoms with Crippen molar-refractivity contribution in [3.05, 3.63) is 23.9 Å². The summed E-state index contributed by atoms with van der Waals surface area (Å²) in [6.07, 6.45) is 22.2. The summed E-state index contributed by atoms with van der Waals surface area (Å²) in [5.74, 6) is 1.79. The lowest BCUT2D eigenvalue weighted by Crippen LogP contribution is -2.45. The zero-order chi connectivity index (χ0) is 17.8. The van der Waals surface area contributed by atoms with Crippen LogP contribution < -0.4 is 5.32 Å². The Balaban J connectivity index is 1.41. The van der Waals surface area contributed by atoms with Crippen molar-refractivity contribution >= 4 is 23.9 Å². The third-order valence-corrected chi connectivity index (χ3v) is 8.45. The molecule has 26 heavy (non-hydrogen) atoms. The van der Waals surface area contributed by atoms with E-state index in [4.69, 9.17) is 0 Å². The van der Waals surface area contributed by atoms with Crippen LogP contribution in [0.4, 0.5) is 0 Å². The zero-order valence-electron chi connectivity index (χ0n) is 15.8. The van der Waals surface area contributed by atoms with E-state index in [9.17, 15) is 4.79 Å². The van der Waals surface area contributed by atoms with Gasteiger partial charge >= 0.3 is 0 Å². The van der Waals surface area contributed by atoms with Crippen molar-refractivity contribution in [1.82, 2.24) is 5.32 Å². The predicted octanol–water partition coefficient (Wildman–Crippen LogP) is 5.03. The largest absolute Gasteiger partial charge is 0.353 e. The van der Waals surface area contributed by atoms with Crippen molar-refractivity contribution in [3.63, 3.8) is 0 Å². The van der Waals surface area contributed by atoms with Gasteiger partial charge in [0.2, 0.25) is 5.91 Å². The lowest BCUT2D eigenvalue weighted by Gasteiger charge is -2.39. The van der Waals surface area contributed by atoms with Crippen LogP contribution >= 0.6 is 11.8 Å². The van der Waals surface area contributed by atoms with Gasteiger partial charge in [0.15, 0.2) is 0 Å². The second-order valence-electron chi connectivity index (χ2n) is 8.40. The molecule has 142 valence electrons. The van der Waals surface area contributed by atoms with Gasteiger partial charge in [-0.2, -0.15) is 0 Å². The second-order valence-corrected chi connectivity index (χ2v) is 9.75. The van der Waals surface area contributed by atoms with Gasteiger partial charge in [-0.05, 0) is 37.7 Å². The quantitative estimate of drug-likeness (QED) is 0.738. The molecular weight excluding hydrogens is 340 g/mol. The van der Waals surface area contributed by atoms with E-state index in [1.807, 2.05) is 18.0 Å². The smallest absolute Gasteiger partial charge is 0.224 e. The van der Waals surface area contributed by atoms with Gasteiger partial charge in [-0.3, -0.25) is 9.79 Å². The maximum absolute atomic E-state index is 13.2. The van der Waals surface area contributed by atoms with E-state index < -0.39 is 0 Å². The van der Waals surface area contributed by atoms with Gasteiger partial charge < -0.3 is 5.32 Å². The van der Waals surface area contributed by atoms with E-state index >= 15 is 0 Å². The fourth-order valence-corrected chi connectivity index (χ4v) is 7.02. The molecule has 0 aromatic heterocycles. The molecule has 0 aromatic carbocycles. The average molecular weight is 373 g/mol. The Bertz CT molecular complexity index is 601. The first-order valence-electron chi connectivity index (χ1n) is 10.6. The molecule has 2 aliphatic carbocycles. The molecule has 1 spiro atoms. The first kappa shape index (κ1) is 18.3. The Kier molecular flexibility index (Phi) is 5.87. The van der Waals surface area contributed by atoms with Gasteiger partial charge in [-0.15, -0.1) is 11.8 Å². The molecule has 1 N–H and O–H groups in total. The molecular formula is C22H32N2OS. The van der Waals surface area contributed by atoms with Crippen LogP contribution in [-0.4, -0.2) is 28.7 Å². The molecule has 1 amide bonds. The molecule has 2 aliphatic heterocycles. The molecule has 0 aromatic rings. The standard InChI is InChI=1S/C22H32N2OS/c25-21(24-17-10-6-4-2-1-3-5-7-11-17)18-16-26-22-14-9-8-12-20(22)23-15-13-19(18)22/h8-9,12,15,17-19H,1-7,10-11,13-14,16H2,(H,24,25). The molecule has 3 atom stereocenters. The molecule has 4 rings (SSSR count). The molecule has 1 saturated carbocycles. The minimum Gasteiger partial charge on any atom is -0.353 e. The molecule has 2 fully saturated rings. The topological polar surface area (TPSA) is 41.5 Å². The van der Waals surface area contributed by atoms with Crippen molar-refractivity contribution < 1.29 is 4.79 Å². The summed E-state index contributed by atoms with van der Waals surface area (Å²) in [4.78, 5) is 17.9. The average Bonchev–Trinajstić information content (AvgIpc) is 3.05. The van der Waals surface area contributed by atoms with Gasteiger partial charge in [-0.25, -0.2) is 0 Å². The Morgan fingerprint density at radius 1 is 1.12 bits per heavy atom. The van der Waals surface area contributed by atoms with E-state index in [2.05, 4.69) is 28.5 Å². The Morgan fingerprint density at radius 3 is 2.62 bits per heavy atom. The summed E-state index contributed by atoms with van der Waals surface area (Å²) in [5.41, 5.74) is 1.19. The molecule has 2 heterocycles. The molecule has 0 radical (unpaired) electrons. The fraction of sp³-hybridized carbons (Fsp3) is 0.727. The normalized spacial score (nSPS) is 35.3. The van der Waals surface area contributed by atoms with Gasteiger partial charge in [-0.1, -0.05) is 57.1 Å². The van der Waals surface area contributed by atoms with Gasteiger partial charge in [0.05, 0.1) is 16.4 Å². The number of aliphatic imine (C=N–C) groups is 1. The minimum atomic E-state index is 0.0574. The van der Waals surface area contributed by atoms with Crippen LogP contribution in [-0.2, 0) is 4.79 Å². The van der Waals surface area contributed by atoms with Crippen LogP contribution in [0, 0.1) is 11.8 Å². The van der Waals surface area contributed by atoms with Crippen LogP contribution in [0.3, 0.4) is 0 Å². The monoisotopic (exact) mass is 372 g/mol. The third kappa shape index (κ3) is 3.67. The van der Waals surface area contributed by atoms with E-state index in [0.717, 1.165) is 31.4 Å². The molecule has 3 nitrogen and oxygen atoms in total. The molecule has 4 aliphatic rings. The maximum Gasteiger partial charge on any atom is 0.224 e. The third-order valence-electron chi connectivity index (χ3n) is 6.73. The lowest BCUT2D eigenvalue weighted by atomic mass is 9.73. The first-order valence-corrected chi connectivity index (χ1v) is 11.6. The number of thioether (sulfide) groups is 1. The number of rotatable bonds is 2. The van der Waals surface area contributed by atoms with E-state index in [0.29, 0.717) is 17.9 Å². The van der Waals surface area contributed by atoms with Crippen molar-refractivity contribution in [3.8, 4) is 0 Å². The highest BCUT2D eigenvalue weighted by atomic mass is 32.2. The van der Waals surface area contributed by atoms with Crippen molar-refractivity contribution in [2.75, 3.05) is 5.75 Å². The zero-order valence-corrected chi connectivity index (χ0v) is 16.6. The summed E-state index contributed by atoms with van der Waals surface area (Å²) >= 11 is 1.98. The number of carbonyl (C=O) groups excluding carboxylic acids is 1. The number of hydrogen-bond donors (Lipinski definition) is 1. The van der Waals surface area contributed by atoms with Crippen molar-refractivity contribution in [1.29, 1.82) is 0 Å². The highest BCUT2D eigenvalue weighted by Crippen LogP contribution is 2.57. The van der Waals surface area contributed by atoms with Crippen LogP contribution in [0.2, 0.25) is 0 Å². The highest BCUT2D eigenvalue weighted by Gasteiger charge is 2.54. The number of allylic oxidation sites excluding steroid dienone is 3. The number of nitrogens with zero attached hydrogens (tertiary/aromatic N) is 1. The highest BCUT2D eigenvalue weighted by molar-refractivity contribution is 8.01. The number of amides is 1. The Hall–Kier alpha value is -1.03. The van der Waals surface area contributed by atoms with Crippen LogP contribution in [0.5, 0.6) is 0 Å². The summed E-state index contributed by atoms with van der Waals surface area (Å²) < 4.78 is 0.0574. The molecule has 3 unspecified atom stereocenters. The predicted molar refractivity (Wildman–Crippen MR) is 111 cm³/mol. The first-order chi connectivity index (χ1) is 12.8. The summed E-state index contributed by atoms with van der Waals surface area (Å²) in [7, 11) is 0. The minimum absolute atomic E-state index is 0.0574. The van der Waals surface area contributed by atoms with Crippen LogP contribution in [0.15, 0.2) is 28.9 Å². The number of nitrogens with one attached hydrogen (secondary N) is 1. The van der Waals surface area contributed by atoms with Gasteiger partial charge in [0, 0.05) is 18.0 Å². The van der Waals surface area contributed by atoms with Gasteiger partial charge in [0.1, 0.15) is 0 Å². The second kappa shape index (κ2) is 8.33. The molecule has 4 heteroatoms. The number of carbonyl (C=O) groups is 1. The SMILES string of the molecule is O=C(NC1CCCCCCCCC1)C1CSC23CC=CC=C2N=CCC13. The number of hydrogen-bond acceptors (Lipinski definition) is 3. The summed E-state index contributed by atoms with van der Waals surface area (Å²) in [5, 5.41) is 3.47. The fourth-order valence-electron chi connectivity index (χ4n) is 5.20. The van der Waals surface area contributed by atoms with E-state index in [1.165, 1.54) is 50.6 Å². The van der Waals surface area contributed by atoms with Crippen molar-refractivity contribution in [2.24, 2.45) is 16.8 Å². The Morgan fingerprint density at radius 2 is 1.85 bits per heavy atom. The maximum atomic E-state index is 13.2. The molecule has 1 saturated heterocycles. The van der Waals surface area contributed by atoms with Crippen LogP contribution in [0.1, 0.15) is 70.6 Å². The van der Waals surface area contributed by atoms with Crippen LogP contribution in [0.25, 0.3) is 0 Å². The van der Waals surface area contributed by atoms with E-state index in [1.54, 1.807) is 0 Å². The lowest BCUT2D eigenvalue weighted by molar-refractivity contribution is -0.126. The van der Waals surface area contributed by atoms with E-state index in [-0.39, 0.29) is 10.7 Å². The summed E-state index contributed by atoms with van der Waals surface area (Å²) in [6, 6.07) is 0.390.